The van der Waals surface area contributed by atoms with Crippen molar-refractivity contribution in [2.24, 2.45) is 16.4 Å². The minimum atomic E-state index is -0.895. The van der Waals surface area contributed by atoms with E-state index in [1.165, 1.54) is 33.9 Å². The van der Waals surface area contributed by atoms with Crippen LogP contribution in [0.1, 0.15) is 20.8 Å². The molecule has 1 atom stereocenters. The number of benzene rings is 3. The van der Waals surface area contributed by atoms with Gasteiger partial charge in [0.05, 0.1) is 29.4 Å². The Hall–Kier alpha value is -4.04. The second kappa shape index (κ2) is 9.31. The SMILES string of the molecule is CC(C)(C)C(O)Cn1c(=O)c(=NN)c(=O)n(-c2ccccc2F)c2ccccc21.c1cc2cc-2c1. The van der Waals surface area contributed by atoms with E-state index >= 15 is 0 Å². The van der Waals surface area contributed by atoms with E-state index in [1.54, 1.807) is 30.3 Å². The van der Waals surface area contributed by atoms with Crippen molar-refractivity contribution in [3.8, 4) is 16.8 Å². The molecule has 8 heteroatoms. The Balaban J connectivity index is 0.000000411. The van der Waals surface area contributed by atoms with Crippen LogP contribution in [-0.2, 0) is 6.54 Å². The first-order chi connectivity index (χ1) is 16.6. The lowest BCUT2D eigenvalue weighted by Crippen LogP contribution is -2.46. The van der Waals surface area contributed by atoms with Crippen LogP contribution in [0.4, 0.5) is 4.39 Å². The second-order valence-corrected chi connectivity index (χ2v) is 9.44. The van der Waals surface area contributed by atoms with E-state index in [9.17, 15) is 19.1 Å². The van der Waals surface area contributed by atoms with Gasteiger partial charge in [0.25, 0.3) is 11.1 Å². The number of nitrogens with two attached hydrogens (primary N) is 1. The smallest absolute Gasteiger partial charge is 0.289 e. The highest BCUT2D eigenvalue weighted by molar-refractivity contribution is 5.80. The minimum absolute atomic E-state index is 0.0304. The number of halogens is 1. The van der Waals surface area contributed by atoms with Crippen LogP contribution in [0.5, 0.6) is 0 Å². The number of aliphatic hydroxyl groups is 1. The molecule has 35 heavy (non-hydrogen) atoms. The zero-order chi connectivity index (χ0) is 25.3. The predicted molar refractivity (Wildman–Crippen MR) is 134 cm³/mol. The number of hydrogen-bond acceptors (Lipinski definition) is 5. The summed E-state index contributed by atoms with van der Waals surface area (Å²) in [4.78, 5) is 26.3. The Bertz CT molecular complexity index is 1580. The molecule has 7 nitrogen and oxygen atoms in total. The van der Waals surface area contributed by atoms with E-state index in [0.717, 1.165) is 4.57 Å². The summed E-state index contributed by atoms with van der Waals surface area (Å²) in [5, 5.41) is 13.5. The van der Waals surface area contributed by atoms with Gasteiger partial charge in [-0.2, -0.15) is 5.10 Å². The number of aromatic nitrogens is 2. The van der Waals surface area contributed by atoms with Gasteiger partial charge in [-0.25, -0.2) is 4.39 Å². The first kappa shape index (κ1) is 24.1. The van der Waals surface area contributed by atoms with Crippen LogP contribution in [0.15, 0.2) is 87.5 Å². The van der Waals surface area contributed by atoms with Gasteiger partial charge in [0, 0.05) is 0 Å². The lowest BCUT2D eigenvalue weighted by Gasteiger charge is -2.26. The fourth-order valence-corrected chi connectivity index (χ4v) is 3.71. The largest absolute Gasteiger partial charge is 0.391 e. The maximum atomic E-state index is 14.6. The van der Waals surface area contributed by atoms with Crippen molar-refractivity contribution < 1.29 is 9.50 Å². The van der Waals surface area contributed by atoms with Crippen LogP contribution in [-0.4, -0.2) is 20.3 Å². The van der Waals surface area contributed by atoms with Gasteiger partial charge >= 0.3 is 0 Å². The highest BCUT2D eigenvalue weighted by Gasteiger charge is 2.24. The zero-order valence-corrected chi connectivity index (χ0v) is 19.8. The van der Waals surface area contributed by atoms with Gasteiger partial charge in [0.15, 0.2) is 0 Å². The maximum Gasteiger partial charge on any atom is 0.289 e. The molecule has 2 aliphatic carbocycles. The van der Waals surface area contributed by atoms with Gasteiger partial charge in [-0.05, 0) is 46.9 Å². The highest BCUT2D eigenvalue weighted by Crippen LogP contribution is 2.32. The molecule has 1 aromatic heterocycles. The molecule has 3 N–H and O–H groups in total. The molecule has 2 aromatic carbocycles. The van der Waals surface area contributed by atoms with Crippen molar-refractivity contribution in [3.63, 3.8) is 0 Å². The molecule has 2 aliphatic rings. The molecule has 0 aliphatic heterocycles. The minimum Gasteiger partial charge on any atom is -0.391 e. The summed E-state index contributed by atoms with van der Waals surface area (Å²) in [5.41, 5.74) is 1.33. The average Bonchev–Trinajstić information content (AvgIpc) is 3.44. The fraction of sp³-hybridized carbons (Fsp3) is 0.222. The van der Waals surface area contributed by atoms with E-state index in [1.807, 2.05) is 20.8 Å². The molecule has 180 valence electrons. The summed E-state index contributed by atoms with van der Waals surface area (Å²) in [6, 6.07) is 20.8. The maximum absolute atomic E-state index is 14.6. The molecule has 0 radical (unpaired) electrons. The number of aliphatic hydroxyl groups excluding tert-OH is 1. The summed E-state index contributed by atoms with van der Waals surface area (Å²) in [7, 11) is 0. The van der Waals surface area contributed by atoms with E-state index in [2.05, 4.69) is 29.4 Å². The molecular weight excluding hydrogens is 447 g/mol. The van der Waals surface area contributed by atoms with Crippen LogP contribution in [0.3, 0.4) is 0 Å². The Morgan fingerprint density at radius 3 is 2.03 bits per heavy atom. The van der Waals surface area contributed by atoms with Crippen LogP contribution in [0.2, 0.25) is 0 Å². The van der Waals surface area contributed by atoms with Gasteiger partial charge in [-0.1, -0.05) is 63.2 Å². The van der Waals surface area contributed by atoms with Crippen molar-refractivity contribution in [2.75, 3.05) is 0 Å². The fourth-order valence-electron chi connectivity index (χ4n) is 3.71. The topological polar surface area (TPSA) is 103 Å². The molecule has 3 aromatic rings. The van der Waals surface area contributed by atoms with Crippen LogP contribution in [0.25, 0.3) is 27.8 Å². The summed E-state index contributed by atoms with van der Waals surface area (Å²) in [5.74, 6) is 4.75. The molecule has 1 heterocycles. The average molecular weight is 475 g/mol. The van der Waals surface area contributed by atoms with Gasteiger partial charge < -0.3 is 15.5 Å². The summed E-state index contributed by atoms with van der Waals surface area (Å²) < 4.78 is 16.9. The molecule has 0 bridgehead atoms. The molecule has 0 spiro atoms. The molecule has 0 amide bonds. The standard InChI is InChI=1S/C21H23FN4O3.C6H4/c1-21(2,3)17(27)12-25-15-10-6-7-11-16(15)26(14-9-5-4-8-13(14)22)20(29)18(24-23)19(25)28;1-2-5-4-6(5)3-1/h4-11,17,27H,12,23H2,1-3H3;1-4H. The molecule has 0 saturated carbocycles. The number of fused-ring (bicyclic) bond motifs is 2. The Morgan fingerprint density at radius 2 is 1.51 bits per heavy atom. The number of hydrogen-bond donors (Lipinski definition) is 2. The van der Waals surface area contributed by atoms with E-state index in [4.69, 9.17) is 5.84 Å². The zero-order valence-electron chi connectivity index (χ0n) is 19.8. The third-order valence-electron chi connectivity index (χ3n) is 5.96. The molecule has 0 fully saturated rings. The van der Waals surface area contributed by atoms with Crippen LogP contribution in [0, 0.1) is 11.2 Å². The number of nitrogens with zero attached hydrogens (tertiary/aromatic N) is 3. The van der Waals surface area contributed by atoms with Crippen molar-refractivity contribution in [1.82, 2.24) is 9.13 Å². The molecule has 5 rings (SSSR count). The van der Waals surface area contributed by atoms with Gasteiger partial charge in [0.2, 0.25) is 5.36 Å². The normalized spacial score (nSPS) is 13.2. The molecule has 1 unspecified atom stereocenters. The molecular formula is C27H27FN4O3. The summed E-state index contributed by atoms with van der Waals surface area (Å²) >= 11 is 0. The van der Waals surface area contributed by atoms with Crippen molar-refractivity contribution in [1.29, 1.82) is 0 Å². The Kier molecular flexibility index (Phi) is 6.41. The Labute approximate surface area is 201 Å². The van der Waals surface area contributed by atoms with Crippen molar-refractivity contribution >= 4 is 11.0 Å². The first-order valence-corrected chi connectivity index (χ1v) is 11.2. The third-order valence-corrected chi connectivity index (χ3v) is 5.96. The first-order valence-electron chi connectivity index (χ1n) is 11.2. The summed E-state index contributed by atoms with van der Waals surface area (Å²) in [6.45, 7) is 5.42. The predicted octanol–water partition coefficient (Wildman–Crippen LogP) is 3.14. The lowest BCUT2D eigenvalue weighted by molar-refractivity contribution is 0.0483. The van der Waals surface area contributed by atoms with Crippen molar-refractivity contribution in [3.05, 3.63) is 105 Å². The Morgan fingerprint density at radius 1 is 0.914 bits per heavy atom. The highest BCUT2D eigenvalue weighted by atomic mass is 19.1. The van der Waals surface area contributed by atoms with Gasteiger partial charge in [0.1, 0.15) is 5.82 Å². The quantitative estimate of drug-likeness (QED) is 0.310. The van der Waals surface area contributed by atoms with E-state index in [0.29, 0.717) is 5.52 Å². The van der Waals surface area contributed by atoms with Crippen molar-refractivity contribution in [2.45, 2.75) is 33.4 Å². The van der Waals surface area contributed by atoms with Gasteiger partial charge in [-0.3, -0.25) is 14.2 Å². The molecule has 0 saturated heterocycles. The monoisotopic (exact) mass is 474 g/mol. The number of rotatable bonds is 3. The second-order valence-electron chi connectivity index (χ2n) is 9.44. The van der Waals surface area contributed by atoms with Gasteiger partial charge in [-0.15, -0.1) is 0 Å². The lowest BCUT2D eigenvalue weighted by atomic mass is 9.89. The van der Waals surface area contributed by atoms with Crippen LogP contribution >= 0.6 is 0 Å². The van der Waals surface area contributed by atoms with E-state index < -0.39 is 33.8 Å². The third kappa shape index (κ3) is 4.79. The number of para-hydroxylation sites is 3. The summed E-state index contributed by atoms with van der Waals surface area (Å²) in [6.07, 6.45) is -0.895. The van der Waals surface area contributed by atoms with E-state index in [-0.39, 0.29) is 17.7 Å². The van der Waals surface area contributed by atoms with Crippen LogP contribution < -0.4 is 22.3 Å².